The van der Waals surface area contributed by atoms with Crippen LogP contribution >= 0.6 is 0 Å². The van der Waals surface area contributed by atoms with Crippen LogP contribution in [0.3, 0.4) is 0 Å². The molecule has 0 aliphatic carbocycles. The van der Waals surface area contributed by atoms with Gasteiger partial charge in [-0.1, -0.05) is 6.92 Å². The van der Waals surface area contributed by atoms with Crippen molar-refractivity contribution >= 4 is 0 Å². The fraction of sp³-hybridized carbons (Fsp3) is 1.00. The number of nitrogens with two attached hydrogens (primary N) is 1. The highest BCUT2D eigenvalue weighted by Crippen LogP contribution is 2.38. The summed E-state index contributed by atoms with van der Waals surface area (Å²) in [5.74, 6) is 5.67. The van der Waals surface area contributed by atoms with Crippen molar-refractivity contribution in [2.45, 2.75) is 19.8 Å². The highest BCUT2D eigenvalue weighted by Gasteiger charge is 2.43. The van der Waals surface area contributed by atoms with Gasteiger partial charge in [0, 0.05) is 18.5 Å². The Hall–Kier alpha value is -0.120. The molecular weight excluding hydrogens is 150 g/mol. The van der Waals surface area contributed by atoms with Crippen LogP contribution in [0.25, 0.3) is 0 Å². The molecule has 2 N–H and O–H groups in total. The molecule has 0 aromatic rings. The minimum atomic E-state index is 0.612. The lowest BCUT2D eigenvalue weighted by atomic mass is 9.73. The van der Waals surface area contributed by atoms with Crippen LogP contribution in [0.1, 0.15) is 19.8 Å². The Balaban J connectivity index is 1.83. The Kier molecular flexibility index (Phi) is 2.10. The molecule has 1 spiro atoms. The zero-order valence-corrected chi connectivity index (χ0v) is 7.92. The van der Waals surface area contributed by atoms with Gasteiger partial charge in [-0.05, 0) is 32.5 Å². The molecule has 0 aromatic carbocycles. The largest absolute Gasteiger partial charge is 0.304 e. The van der Waals surface area contributed by atoms with Crippen LogP contribution in [0.5, 0.6) is 0 Å². The van der Waals surface area contributed by atoms with Crippen LogP contribution in [-0.4, -0.2) is 42.6 Å². The van der Waals surface area contributed by atoms with E-state index in [9.17, 15) is 0 Å². The highest BCUT2D eigenvalue weighted by molar-refractivity contribution is 4.95. The average Bonchev–Trinajstić information content (AvgIpc) is 2.04. The topological polar surface area (TPSA) is 32.5 Å². The monoisotopic (exact) mass is 169 g/mol. The third-order valence-electron chi connectivity index (χ3n) is 3.44. The van der Waals surface area contributed by atoms with Crippen LogP contribution < -0.4 is 5.84 Å². The number of hydrogen-bond donors (Lipinski definition) is 1. The van der Waals surface area contributed by atoms with Gasteiger partial charge in [-0.2, -0.15) is 0 Å². The standard InChI is InChI=1S/C9H19N3/c1-2-11-5-3-9(4-6-11)7-12(10)8-9/h2-8,10H2,1H3. The normalized spacial score (nSPS) is 30.5. The van der Waals surface area contributed by atoms with Crippen molar-refractivity contribution in [3.8, 4) is 0 Å². The number of rotatable bonds is 1. The van der Waals surface area contributed by atoms with Gasteiger partial charge in [0.2, 0.25) is 0 Å². The predicted molar refractivity (Wildman–Crippen MR) is 49.5 cm³/mol. The minimum absolute atomic E-state index is 0.612. The summed E-state index contributed by atoms with van der Waals surface area (Å²) in [7, 11) is 0. The number of piperidine rings is 1. The Morgan fingerprint density at radius 1 is 1.25 bits per heavy atom. The quantitative estimate of drug-likeness (QED) is 0.572. The molecule has 3 nitrogen and oxygen atoms in total. The second-order valence-electron chi connectivity index (χ2n) is 4.34. The summed E-state index contributed by atoms with van der Waals surface area (Å²) in [6, 6.07) is 0. The second-order valence-corrected chi connectivity index (χ2v) is 4.34. The number of likely N-dealkylation sites (tertiary alicyclic amines) is 1. The Morgan fingerprint density at radius 3 is 2.25 bits per heavy atom. The molecule has 3 heteroatoms. The van der Waals surface area contributed by atoms with Crippen LogP contribution in [0.4, 0.5) is 0 Å². The minimum Gasteiger partial charge on any atom is -0.304 e. The first-order valence-electron chi connectivity index (χ1n) is 4.96. The van der Waals surface area contributed by atoms with E-state index in [4.69, 9.17) is 5.84 Å². The third kappa shape index (κ3) is 1.37. The van der Waals surface area contributed by atoms with Crippen LogP contribution in [0.15, 0.2) is 0 Å². The van der Waals surface area contributed by atoms with E-state index in [1.165, 1.54) is 32.5 Å². The summed E-state index contributed by atoms with van der Waals surface area (Å²) in [6.07, 6.45) is 2.71. The zero-order chi connectivity index (χ0) is 8.60. The molecule has 70 valence electrons. The molecule has 0 unspecified atom stereocenters. The van der Waals surface area contributed by atoms with Gasteiger partial charge in [0.15, 0.2) is 0 Å². The molecule has 2 heterocycles. The van der Waals surface area contributed by atoms with Crippen molar-refractivity contribution in [3.05, 3.63) is 0 Å². The van der Waals surface area contributed by atoms with Gasteiger partial charge in [-0.3, -0.25) is 5.84 Å². The fourth-order valence-corrected chi connectivity index (χ4v) is 2.48. The summed E-state index contributed by atoms with van der Waals surface area (Å²) in [4.78, 5) is 2.53. The summed E-state index contributed by atoms with van der Waals surface area (Å²) < 4.78 is 0. The molecule has 0 bridgehead atoms. The van der Waals surface area contributed by atoms with Crippen molar-refractivity contribution in [3.63, 3.8) is 0 Å². The summed E-state index contributed by atoms with van der Waals surface area (Å²) in [5.41, 5.74) is 0.612. The lowest BCUT2D eigenvalue weighted by Gasteiger charge is -2.52. The SMILES string of the molecule is CCN1CCC2(CC1)CN(N)C2. The molecule has 0 atom stereocenters. The fourth-order valence-electron chi connectivity index (χ4n) is 2.48. The molecule has 0 amide bonds. The maximum atomic E-state index is 5.67. The lowest BCUT2D eigenvalue weighted by molar-refractivity contribution is -0.0462. The first kappa shape index (κ1) is 8.48. The van der Waals surface area contributed by atoms with Gasteiger partial charge in [0.05, 0.1) is 0 Å². The maximum absolute atomic E-state index is 5.67. The van der Waals surface area contributed by atoms with Gasteiger partial charge >= 0.3 is 0 Å². The molecule has 12 heavy (non-hydrogen) atoms. The molecule has 2 aliphatic rings. The summed E-state index contributed by atoms with van der Waals surface area (Å²) in [6.45, 7) is 8.28. The Morgan fingerprint density at radius 2 is 1.83 bits per heavy atom. The average molecular weight is 169 g/mol. The first-order chi connectivity index (χ1) is 5.74. The third-order valence-corrected chi connectivity index (χ3v) is 3.44. The predicted octanol–water partition coefficient (Wildman–Crippen LogP) is 0.278. The van der Waals surface area contributed by atoms with Gasteiger partial charge in [-0.25, -0.2) is 5.01 Å². The molecule has 0 saturated carbocycles. The van der Waals surface area contributed by atoms with Crippen molar-refractivity contribution in [2.75, 3.05) is 32.7 Å². The van der Waals surface area contributed by atoms with E-state index in [0.717, 1.165) is 13.1 Å². The number of hydrogen-bond acceptors (Lipinski definition) is 3. The highest BCUT2D eigenvalue weighted by atomic mass is 15.4. The van der Waals surface area contributed by atoms with Crippen molar-refractivity contribution in [1.82, 2.24) is 9.91 Å². The van der Waals surface area contributed by atoms with E-state index in [1.807, 2.05) is 5.01 Å². The maximum Gasteiger partial charge on any atom is 0.0199 e. The van der Waals surface area contributed by atoms with Gasteiger partial charge < -0.3 is 4.90 Å². The van der Waals surface area contributed by atoms with Gasteiger partial charge in [-0.15, -0.1) is 0 Å². The Labute approximate surface area is 74.5 Å². The van der Waals surface area contributed by atoms with Crippen molar-refractivity contribution in [1.29, 1.82) is 0 Å². The first-order valence-corrected chi connectivity index (χ1v) is 4.96. The summed E-state index contributed by atoms with van der Waals surface area (Å²) >= 11 is 0. The van der Waals surface area contributed by atoms with Crippen molar-refractivity contribution in [2.24, 2.45) is 11.3 Å². The molecule has 0 radical (unpaired) electrons. The van der Waals surface area contributed by atoms with E-state index in [1.54, 1.807) is 0 Å². The molecule has 2 saturated heterocycles. The van der Waals surface area contributed by atoms with Crippen LogP contribution in [0, 0.1) is 5.41 Å². The van der Waals surface area contributed by atoms with Gasteiger partial charge in [0.25, 0.3) is 0 Å². The lowest BCUT2D eigenvalue weighted by Crippen LogP contribution is -2.62. The molecule has 2 rings (SSSR count). The molecular formula is C9H19N3. The second kappa shape index (κ2) is 2.98. The van der Waals surface area contributed by atoms with E-state index in [0.29, 0.717) is 5.41 Å². The Bertz CT molecular complexity index is 153. The number of hydrazine groups is 1. The van der Waals surface area contributed by atoms with E-state index in [2.05, 4.69) is 11.8 Å². The van der Waals surface area contributed by atoms with Crippen LogP contribution in [-0.2, 0) is 0 Å². The molecule has 0 aromatic heterocycles. The smallest absolute Gasteiger partial charge is 0.0199 e. The van der Waals surface area contributed by atoms with Crippen LogP contribution in [0.2, 0.25) is 0 Å². The van der Waals surface area contributed by atoms with E-state index >= 15 is 0 Å². The van der Waals surface area contributed by atoms with E-state index in [-0.39, 0.29) is 0 Å². The number of nitrogens with zero attached hydrogens (tertiary/aromatic N) is 2. The van der Waals surface area contributed by atoms with Gasteiger partial charge in [0.1, 0.15) is 0 Å². The molecule has 2 aliphatic heterocycles. The van der Waals surface area contributed by atoms with Crippen molar-refractivity contribution < 1.29 is 0 Å². The summed E-state index contributed by atoms with van der Waals surface area (Å²) in [5, 5.41) is 1.95. The van der Waals surface area contributed by atoms with E-state index < -0.39 is 0 Å². The zero-order valence-electron chi connectivity index (χ0n) is 7.92. The molecule has 2 fully saturated rings.